The van der Waals surface area contributed by atoms with Crippen molar-refractivity contribution in [1.29, 1.82) is 0 Å². The van der Waals surface area contributed by atoms with Crippen LogP contribution in [0.5, 0.6) is 0 Å². The first-order chi connectivity index (χ1) is 11.8. The predicted octanol–water partition coefficient (Wildman–Crippen LogP) is 2.48. The average Bonchev–Trinajstić information content (AvgIpc) is 3.04. The number of unbranched alkanes of at least 4 members (excludes halogenated alkanes) is 1. The van der Waals surface area contributed by atoms with Gasteiger partial charge in [-0.15, -0.1) is 24.0 Å². The molecule has 0 spiro atoms. The van der Waals surface area contributed by atoms with E-state index in [0.717, 1.165) is 64.8 Å². The van der Waals surface area contributed by atoms with Crippen molar-refractivity contribution in [3.8, 4) is 0 Å². The van der Waals surface area contributed by atoms with Gasteiger partial charge in [-0.25, -0.2) is 0 Å². The Labute approximate surface area is 171 Å². The van der Waals surface area contributed by atoms with Gasteiger partial charge in [0.05, 0.1) is 13.2 Å². The Morgan fingerprint density at radius 3 is 2.68 bits per heavy atom. The number of rotatable bonds is 13. The summed E-state index contributed by atoms with van der Waals surface area (Å²) >= 11 is 0. The summed E-state index contributed by atoms with van der Waals surface area (Å²) in [5, 5.41) is 6.74. The number of aliphatic imine (C=N–C) groups is 1. The molecule has 0 aromatic heterocycles. The van der Waals surface area contributed by atoms with Gasteiger partial charge in [-0.05, 0) is 39.2 Å². The van der Waals surface area contributed by atoms with E-state index in [1.165, 1.54) is 25.8 Å². The molecule has 0 aromatic rings. The number of nitrogens with one attached hydrogen (secondary N) is 2. The van der Waals surface area contributed by atoms with Crippen molar-refractivity contribution >= 4 is 29.9 Å². The maximum atomic E-state index is 5.59. The standard InChI is InChI=1S/C18H38N4O2.HI/c1-4-6-13-24-14-8-10-20-18(19-5-2)21-16-17-9-7-11-22(17)12-15-23-3;/h17H,4-16H2,1-3H3,(H2,19,20,21);1H. The Bertz CT molecular complexity index is 332. The van der Waals surface area contributed by atoms with Gasteiger partial charge in [-0.1, -0.05) is 13.3 Å². The van der Waals surface area contributed by atoms with Crippen LogP contribution in [0.3, 0.4) is 0 Å². The zero-order valence-corrected chi connectivity index (χ0v) is 18.7. The van der Waals surface area contributed by atoms with Crippen molar-refractivity contribution in [2.45, 2.75) is 52.0 Å². The first-order valence-corrected chi connectivity index (χ1v) is 9.64. The third-order valence-electron chi connectivity index (χ3n) is 4.29. The van der Waals surface area contributed by atoms with Gasteiger partial charge in [0, 0.05) is 46.0 Å². The van der Waals surface area contributed by atoms with Gasteiger partial charge >= 0.3 is 0 Å². The van der Waals surface area contributed by atoms with Gasteiger partial charge in [0.15, 0.2) is 5.96 Å². The van der Waals surface area contributed by atoms with Crippen LogP contribution in [0.1, 0.15) is 46.0 Å². The molecule has 1 rings (SSSR count). The lowest BCUT2D eigenvalue weighted by Gasteiger charge is -2.23. The minimum Gasteiger partial charge on any atom is -0.383 e. The van der Waals surface area contributed by atoms with Crippen molar-refractivity contribution in [1.82, 2.24) is 15.5 Å². The molecule has 0 saturated carbocycles. The fourth-order valence-corrected chi connectivity index (χ4v) is 2.87. The minimum atomic E-state index is 0. The maximum absolute atomic E-state index is 5.59. The highest BCUT2D eigenvalue weighted by Gasteiger charge is 2.23. The smallest absolute Gasteiger partial charge is 0.191 e. The van der Waals surface area contributed by atoms with Gasteiger partial charge in [0.1, 0.15) is 0 Å². The number of guanidine groups is 1. The lowest BCUT2D eigenvalue weighted by molar-refractivity contribution is 0.129. The molecule has 0 aliphatic carbocycles. The molecule has 1 aliphatic rings. The molecule has 1 fully saturated rings. The maximum Gasteiger partial charge on any atom is 0.191 e. The summed E-state index contributed by atoms with van der Waals surface area (Å²) in [5.74, 6) is 0.921. The first-order valence-electron chi connectivity index (χ1n) is 9.64. The number of hydrogen-bond donors (Lipinski definition) is 2. The molecule has 1 heterocycles. The number of nitrogens with zero attached hydrogens (tertiary/aromatic N) is 2. The normalized spacial score (nSPS) is 18.2. The highest BCUT2D eigenvalue weighted by molar-refractivity contribution is 14.0. The van der Waals surface area contributed by atoms with Gasteiger partial charge in [-0.2, -0.15) is 0 Å². The van der Waals surface area contributed by atoms with Crippen LogP contribution < -0.4 is 10.6 Å². The van der Waals surface area contributed by atoms with Crippen LogP contribution in [0.2, 0.25) is 0 Å². The van der Waals surface area contributed by atoms with Crippen molar-refractivity contribution < 1.29 is 9.47 Å². The van der Waals surface area contributed by atoms with Crippen LogP contribution in [-0.2, 0) is 9.47 Å². The number of methoxy groups -OCH3 is 1. The Morgan fingerprint density at radius 2 is 1.96 bits per heavy atom. The first kappa shape index (κ1) is 24.9. The Kier molecular flexibility index (Phi) is 17.2. The molecule has 0 radical (unpaired) electrons. The van der Waals surface area contributed by atoms with E-state index >= 15 is 0 Å². The van der Waals surface area contributed by atoms with Crippen molar-refractivity contribution in [3.05, 3.63) is 0 Å². The summed E-state index contributed by atoms with van der Waals surface area (Å²) in [4.78, 5) is 7.27. The fourth-order valence-electron chi connectivity index (χ4n) is 2.87. The minimum absolute atomic E-state index is 0. The lowest BCUT2D eigenvalue weighted by Crippen LogP contribution is -2.40. The molecule has 6 nitrogen and oxygen atoms in total. The van der Waals surface area contributed by atoms with E-state index in [-0.39, 0.29) is 24.0 Å². The number of likely N-dealkylation sites (tertiary alicyclic amines) is 1. The van der Waals surface area contributed by atoms with Crippen LogP contribution in [0.25, 0.3) is 0 Å². The Hall–Kier alpha value is -0.120. The van der Waals surface area contributed by atoms with E-state index in [9.17, 15) is 0 Å². The average molecular weight is 470 g/mol. The second kappa shape index (κ2) is 17.3. The summed E-state index contributed by atoms with van der Waals surface area (Å²) in [5.41, 5.74) is 0. The molecule has 0 amide bonds. The SMILES string of the molecule is CCCCOCCCNC(=NCC1CCCN1CCOC)NCC.I. The lowest BCUT2D eigenvalue weighted by atomic mass is 10.2. The van der Waals surface area contributed by atoms with Crippen LogP contribution in [0, 0.1) is 0 Å². The summed E-state index contributed by atoms with van der Waals surface area (Å²) < 4.78 is 10.8. The van der Waals surface area contributed by atoms with E-state index in [0.29, 0.717) is 6.04 Å². The zero-order valence-electron chi connectivity index (χ0n) is 16.4. The monoisotopic (exact) mass is 470 g/mol. The van der Waals surface area contributed by atoms with Gasteiger partial charge in [-0.3, -0.25) is 9.89 Å². The van der Waals surface area contributed by atoms with Crippen LogP contribution in [0.4, 0.5) is 0 Å². The molecule has 7 heteroatoms. The van der Waals surface area contributed by atoms with Gasteiger partial charge in [0.2, 0.25) is 0 Å². The summed E-state index contributed by atoms with van der Waals surface area (Å²) in [7, 11) is 1.77. The molecule has 1 unspecified atom stereocenters. The van der Waals surface area contributed by atoms with E-state index in [1.807, 2.05) is 0 Å². The quantitative estimate of drug-likeness (QED) is 0.188. The molecule has 1 atom stereocenters. The van der Waals surface area contributed by atoms with E-state index in [4.69, 9.17) is 14.5 Å². The zero-order chi connectivity index (χ0) is 17.5. The van der Waals surface area contributed by atoms with Crippen LogP contribution in [-0.4, -0.2) is 76.6 Å². The second-order valence-electron chi connectivity index (χ2n) is 6.29. The predicted molar refractivity (Wildman–Crippen MR) is 116 cm³/mol. The molecule has 25 heavy (non-hydrogen) atoms. The van der Waals surface area contributed by atoms with Gasteiger partial charge in [0.25, 0.3) is 0 Å². The summed E-state index contributed by atoms with van der Waals surface area (Å²) in [6, 6.07) is 0.549. The highest BCUT2D eigenvalue weighted by Crippen LogP contribution is 2.16. The number of ether oxygens (including phenoxy) is 2. The Morgan fingerprint density at radius 1 is 1.16 bits per heavy atom. The third-order valence-corrected chi connectivity index (χ3v) is 4.29. The summed E-state index contributed by atoms with van der Waals surface area (Å²) in [6.07, 6.45) is 5.86. The Balaban J connectivity index is 0.00000576. The third kappa shape index (κ3) is 12.0. The van der Waals surface area contributed by atoms with Crippen LogP contribution >= 0.6 is 24.0 Å². The molecule has 0 bridgehead atoms. The largest absolute Gasteiger partial charge is 0.383 e. The van der Waals surface area contributed by atoms with E-state index in [1.54, 1.807) is 7.11 Å². The van der Waals surface area contributed by atoms with E-state index < -0.39 is 0 Å². The fraction of sp³-hybridized carbons (Fsp3) is 0.944. The summed E-state index contributed by atoms with van der Waals surface area (Å²) in [6.45, 7) is 11.6. The van der Waals surface area contributed by atoms with Crippen molar-refractivity contribution in [3.63, 3.8) is 0 Å². The molecule has 1 saturated heterocycles. The van der Waals surface area contributed by atoms with Crippen molar-refractivity contribution in [2.75, 3.05) is 59.7 Å². The molecule has 0 aromatic carbocycles. The second-order valence-corrected chi connectivity index (χ2v) is 6.29. The highest BCUT2D eigenvalue weighted by atomic mass is 127. The van der Waals surface area contributed by atoms with Crippen molar-refractivity contribution in [2.24, 2.45) is 4.99 Å². The molecule has 150 valence electrons. The molecule has 1 aliphatic heterocycles. The van der Waals surface area contributed by atoms with Gasteiger partial charge < -0.3 is 20.1 Å². The number of hydrogen-bond acceptors (Lipinski definition) is 4. The van der Waals surface area contributed by atoms with Crippen LogP contribution in [0.15, 0.2) is 4.99 Å². The van der Waals surface area contributed by atoms with E-state index in [2.05, 4.69) is 29.4 Å². The molecule has 2 N–H and O–H groups in total. The molecular formula is C18H39IN4O2. The topological polar surface area (TPSA) is 58.1 Å². The molecular weight excluding hydrogens is 431 g/mol. The number of halogens is 1.